The largest absolute Gasteiger partial charge is 0.383 e. The number of nitrogens with zero attached hydrogens (tertiary/aromatic N) is 1. The fraction of sp³-hybridized carbons (Fsp3) is 0.857. The van der Waals surface area contributed by atoms with Gasteiger partial charge in [0.05, 0.1) is 6.61 Å². The summed E-state index contributed by atoms with van der Waals surface area (Å²) in [7, 11) is 1.74. The third-order valence-electron chi connectivity index (χ3n) is 1.68. The summed E-state index contributed by atoms with van der Waals surface area (Å²) in [6.07, 6.45) is 0. The third kappa shape index (κ3) is 2.64. The number of nitrogens with one attached hydrogen (secondary N) is 1. The lowest BCUT2D eigenvalue weighted by molar-refractivity contribution is 0.146. The van der Waals surface area contributed by atoms with Crippen molar-refractivity contribution < 1.29 is 4.74 Å². The van der Waals surface area contributed by atoms with E-state index in [1.165, 1.54) is 0 Å². The summed E-state index contributed by atoms with van der Waals surface area (Å²) in [6.45, 7) is 7.24. The quantitative estimate of drug-likeness (QED) is 0.587. The summed E-state index contributed by atoms with van der Waals surface area (Å²) < 4.78 is 4.97. The molecule has 0 unspecified atom stereocenters. The monoisotopic (exact) mass is 143 g/mol. The summed E-state index contributed by atoms with van der Waals surface area (Å²) in [5.41, 5.74) is 0. The highest BCUT2D eigenvalue weighted by Crippen LogP contribution is 1.93. The van der Waals surface area contributed by atoms with Gasteiger partial charge in [-0.25, -0.2) is 0 Å². The van der Waals surface area contributed by atoms with Gasteiger partial charge in [-0.2, -0.15) is 0 Å². The fourth-order valence-electron chi connectivity index (χ4n) is 1.03. The van der Waals surface area contributed by atoms with Crippen molar-refractivity contribution >= 4 is 0 Å². The smallest absolute Gasteiger partial charge is 0.0589 e. The van der Waals surface area contributed by atoms with Crippen molar-refractivity contribution in [2.45, 2.75) is 0 Å². The molecule has 10 heavy (non-hydrogen) atoms. The van der Waals surface area contributed by atoms with Crippen molar-refractivity contribution in [2.75, 3.05) is 39.9 Å². The zero-order chi connectivity index (χ0) is 7.23. The van der Waals surface area contributed by atoms with Gasteiger partial charge in [-0.05, 0) is 0 Å². The van der Waals surface area contributed by atoms with E-state index >= 15 is 0 Å². The number of methoxy groups -OCH3 is 1. The summed E-state index contributed by atoms with van der Waals surface area (Å²) >= 11 is 0. The van der Waals surface area contributed by atoms with Gasteiger partial charge < -0.3 is 10.1 Å². The van der Waals surface area contributed by atoms with Crippen LogP contribution in [0.3, 0.4) is 0 Å². The molecular formula is C7H15N2O. The Balaban J connectivity index is 2.02. The maximum absolute atomic E-state index is 4.97. The van der Waals surface area contributed by atoms with Crippen LogP contribution in [-0.4, -0.2) is 44.8 Å². The Morgan fingerprint density at radius 3 is 3.20 bits per heavy atom. The molecule has 1 N–H and O–H groups in total. The van der Waals surface area contributed by atoms with Gasteiger partial charge in [0.15, 0.2) is 0 Å². The molecule has 0 bridgehead atoms. The Morgan fingerprint density at radius 1 is 1.70 bits per heavy atom. The Hall–Kier alpha value is -0.120. The molecule has 1 radical (unpaired) electrons. The molecule has 59 valence electrons. The molecule has 1 heterocycles. The minimum absolute atomic E-state index is 0.841. The van der Waals surface area contributed by atoms with E-state index in [1.807, 2.05) is 0 Å². The van der Waals surface area contributed by atoms with Gasteiger partial charge in [-0.1, -0.05) is 0 Å². The van der Waals surface area contributed by atoms with E-state index in [2.05, 4.69) is 16.8 Å². The summed E-state index contributed by atoms with van der Waals surface area (Å²) in [5, 5.41) is 3.18. The maximum atomic E-state index is 4.97. The number of hydrogen-bond donors (Lipinski definition) is 1. The summed E-state index contributed by atoms with van der Waals surface area (Å²) in [5.74, 6) is 0. The second-order valence-corrected chi connectivity index (χ2v) is 2.45. The minimum atomic E-state index is 0.841. The van der Waals surface area contributed by atoms with Crippen LogP contribution in [0, 0.1) is 6.54 Å². The van der Waals surface area contributed by atoms with E-state index in [1.54, 1.807) is 7.11 Å². The molecule has 1 aliphatic rings. The lowest BCUT2D eigenvalue weighted by atomic mass is 10.4. The van der Waals surface area contributed by atoms with Crippen LogP contribution in [0.25, 0.3) is 0 Å². The first-order chi connectivity index (χ1) is 4.93. The van der Waals surface area contributed by atoms with Crippen LogP contribution in [0.5, 0.6) is 0 Å². The average molecular weight is 143 g/mol. The molecule has 3 heteroatoms. The highest BCUT2D eigenvalue weighted by atomic mass is 16.5. The average Bonchev–Trinajstić information content (AvgIpc) is 2.03. The van der Waals surface area contributed by atoms with Gasteiger partial charge >= 0.3 is 0 Å². The SMILES string of the molecule is COCCN1C[CH]NCC1. The van der Waals surface area contributed by atoms with Gasteiger partial charge in [0.2, 0.25) is 0 Å². The van der Waals surface area contributed by atoms with E-state index in [0.717, 1.165) is 32.8 Å². The van der Waals surface area contributed by atoms with Gasteiger partial charge in [0.25, 0.3) is 0 Å². The second-order valence-electron chi connectivity index (χ2n) is 2.45. The van der Waals surface area contributed by atoms with Gasteiger partial charge in [0, 0.05) is 39.8 Å². The normalized spacial score (nSPS) is 21.3. The van der Waals surface area contributed by atoms with Crippen molar-refractivity contribution in [1.82, 2.24) is 10.2 Å². The van der Waals surface area contributed by atoms with Gasteiger partial charge in [-0.15, -0.1) is 0 Å². The summed E-state index contributed by atoms with van der Waals surface area (Å²) in [6, 6.07) is 0. The molecule has 1 fully saturated rings. The van der Waals surface area contributed by atoms with E-state index in [9.17, 15) is 0 Å². The molecule has 1 aliphatic heterocycles. The van der Waals surface area contributed by atoms with Crippen molar-refractivity contribution in [2.24, 2.45) is 0 Å². The Kier molecular flexibility index (Phi) is 3.72. The van der Waals surface area contributed by atoms with E-state index in [4.69, 9.17) is 4.74 Å². The van der Waals surface area contributed by atoms with Crippen LogP contribution in [0.4, 0.5) is 0 Å². The number of piperazine rings is 1. The number of rotatable bonds is 3. The molecule has 0 aromatic heterocycles. The van der Waals surface area contributed by atoms with Crippen molar-refractivity contribution in [3.63, 3.8) is 0 Å². The first-order valence-corrected chi connectivity index (χ1v) is 3.70. The van der Waals surface area contributed by atoms with Crippen LogP contribution < -0.4 is 5.32 Å². The molecule has 0 spiro atoms. The van der Waals surface area contributed by atoms with Crippen molar-refractivity contribution in [1.29, 1.82) is 0 Å². The topological polar surface area (TPSA) is 24.5 Å². The zero-order valence-corrected chi connectivity index (χ0v) is 6.47. The molecular weight excluding hydrogens is 128 g/mol. The van der Waals surface area contributed by atoms with E-state index in [0.29, 0.717) is 0 Å². The van der Waals surface area contributed by atoms with Crippen LogP contribution in [0.15, 0.2) is 0 Å². The summed E-state index contributed by atoms with van der Waals surface area (Å²) in [4.78, 5) is 2.36. The Morgan fingerprint density at radius 2 is 2.60 bits per heavy atom. The fourth-order valence-corrected chi connectivity index (χ4v) is 1.03. The number of hydrogen-bond acceptors (Lipinski definition) is 3. The second kappa shape index (κ2) is 4.66. The third-order valence-corrected chi connectivity index (χ3v) is 1.68. The highest BCUT2D eigenvalue weighted by molar-refractivity contribution is 4.75. The molecule has 3 nitrogen and oxygen atoms in total. The molecule has 0 aliphatic carbocycles. The lowest BCUT2D eigenvalue weighted by Crippen LogP contribution is -2.41. The molecule has 0 atom stereocenters. The Bertz CT molecular complexity index is 81.7. The van der Waals surface area contributed by atoms with Crippen LogP contribution in [0.2, 0.25) is 0 Å². The van der Waals surface area contributed by atoms with Gasteiger partial charge in [0.1, 0.15) is 0 Å². The Labute approximate surface area is 62.3 Å². The predicted octanol–water partition coefficient (Wildman–Crippen LogP) is -0.300. The highest BCUT2D eigenvalue weighted by Gasteiger charge is 2.07. The van der Waals surface area contributed by atoms with Crippen LogP contribution in [0.1, 0.15) is 0 Å². The molecule has 0 saturated carbocycles. The molecule has 1 saturated heterocycles. The van der Waals surface area contributed by atoms with Crippen molar-refractivity contribution in [3.05, 3.63) is 6.54 Å². The lowest BCUT2D eigenvalue weighted by Gasteiger charge is -2.26. The maximum Gasteiger partial charge on any atom is 0.0589 e. The van der Waals surface area contributed by atoms with Crippen LogP contribution >= 0.6 is 0 Å². The zero-order valence-electron chi connectivity index (χ0n) is 6.47. The van der Waals surface area contributed by atoms with E-state index < -0.39 is 0 Å². The first-order valence-electron chi connectivity index (χ1n) is 3.70. The van der Waals surface area contributed by atoms with Crippen molar-refractivity contribution in [3.8, 4) is 0 Å². The first kappa shape index (κ1) is 7.98. The molecule has 0 aromatic rings. The predicted molar refractivity (Wildman–Crippen MR) is 40.6 cm³/mol. The van der Waals surface area contributed by atoms with Crippen LogP contribution in [-0.2, 0) is 4.74 Å². The molecule has 1 rings (SSSR count). The standard InChI is InChI=1S/C7H15N2O/c1-10-7-6-9-4-2-8-3-5-9/h2,8H,3-7H2,1H3. The minimum Gasteiger partial charge on any atom is -0.383 e. The van der Waals surface area contributed by atoms with Gasteiger partial charge in [-0.3, -0.25) is 4.90 Å². The van der Waals surface area contributed by atoms with E-state index in [-0.39, 0.29) is 0 Å². The molecule has 0 aromatic carbocycles. The molecule has 0 amide bonds. The number of ether oxygens (including phenoxy) is 1.